The molecule has 0 unspecified atom stereocenters. The SMILES string of the molecule is O=C(NC1C2CC3CC(C2)CC1C3)[C@@H]1CCCN1S(=O)(=O)c1ccc(CO)cc1. The minimum absolute atomic E-state index is 0.115. The largest absolute Gasteiger partial charge is 0.392 e. The molecule has 5 fully saturated rings. The summed E-state index contributed by atoms with van der Waals surface area (Å²) in [4.78, 5) is 13.4. The number of carbonyl (C=O) groups is 1. The van der Waals surface area contributed by atoms with Crippen LogP contribution in [0.25, 0.3) is 0 Å². The highest BCUT2D eigenvalue weighted by Gasteiger charge is 2.49. The van der Waals surface area contributed by atoms with Gasteiger partial charge in [-0.05, 0) is 86.3 Å². The number of nitrogens with one attached hydrogen (secondary N) is 1. The first kappa shape index (κ1) is 19.5. The van der Waals surface area contributed by atoms with Gasteiger partial charge in [0.05, 0.1) is 11.5 Å². The van der Waals surface area contributed by atoms with Crippen LogP contribution in [0, 0.1) is 23.7 Å². The van der Waals surface area contributed by atoms with Crippen molar-refractivity contribution in [2.24, 2.45) is 23.7 Å². The van der Waals surface area contributed by atoms with Crippen LogP contribution in [0.3, 0.4) is 0 Å². The van der Waals surface area contributed by atoms with E-state index >= 15 is 0 Å². The number of hydrogen-bond donors (Lipinski definition) is 2. The van der Waals surface area contributed by atoms with Crippen molar-refractivity contribution >= 4 is 15.9 Å². The molecule has 4 aliphatic carbocycles. The van der Waals surface area contributed by atoms with Crippen LogP contribution in [-0.4, -0.2) is 42.4 Å². The number of aliphatic hydroxyl groups is 1. The maximum Gasteiger partial charge on any atom is 0.243 e. The molecule has 0 spiro atoms. The third kappa shape index (κ3) is 3.41. The van der Waals surface area contributed by atoms with E-state index in [1.165, 1.54) is 48.5 Å². The van der Waals surface area contributed by atoms with E-state index in [2.05, 4.69) is 5.32 Å². The zero-order valence-corrected chi connectivity index (χ0v) is 17.5. The van der Waals surface area contributed by atoms with Crippen LogP contribution in [0.15, 0.2) is 29.2 Å². The lowest BCUT2D eigenvalue weighted by molar-refractivity contribution is -0.128. The van der Waals surface area contributed by atoms with E-state index in [0.717, 1.165) is 11.8 Å². The third-order valence-electron chi connectivity index (χ3n) is 7.75. The van der Waals surface area contributed by atoms with Crippen LogP contribution < -0.4 is 5.32 Å². The molecule has 29 heavy (non-hydrogen) atoms. The summed E-state index contributed by atoms with van der Waals surface area (Å²) >= 11 is 0. The maximum atomic E-state index is 13.2. The highest BCUT2D eigenvalue weighted by molar-refractivity contribution is 7.89. The Morgan fingerprint density at radius 1 is 1.03 bits per heavy atom. The van der Waals surface area contributed by atoms with E-state index in [1.807, 2.05) is 0 Å². The number of hydrogen-bond acceptors (Lipinski definition) is 4. The first-order chi connectivity index (χ1) is 14.0. The number of benzene rings is 1. The molecular weight excluding hydrogens is 388 g/mol. The summed E-state index contributed by atoms with van der Waals surface area (Å²) in [5, 5.41) is 12.5. The molecule has 2 N–H and O–H groups in total. The number of sulfonamides is 1. The zero-order valence-electron chi connectivity index (χ0n) is 16.7. The fourth-order valence-electron chi connectivity index (χ4n) is 6.61. The molecule has 1 saturated heterocycles. The Hall–Kier alpha value is -1.44. The van der Waals surface area contributed by atoms with Crippen molar-refractivity contribution in [1.82, 2.24) is 9.62 Å². The van der Waals surface area contributed by atoms with Gasteiger partial charge in [-0.2, -0.15) is 4.31 Å². The molecule has 1 aromatic rings. The molecule has 1 atom stereocenters. The zero-order chi connectivity index (χ0) is 20.2. The monoisotopic (exact) mass is 418 g/mol. The van der Waals surface area contributed by atoms with E-state index in [-0.39, 0.29) is 23.5 Å². The van der Waals surface area contributed by atoms with Gasteiger partial charge in [-0.25, -0.2) is 8.42 Å². The minimum atomic E-state index is -3.73. The number of carbonyl (C=O) groups excluding carboxylic acids is 1. The predicted octanol–water partition coefficient (Wildman–Crippen LogP) is 2.27. The minimum Gasteiger partial charge on any atom is -0.392 e. The lowest BCUT2D eigenvalue weighted by Crippen LogP contribution is -2.58. The normalized spacial score (nSPS) is 36.4. The molecule has 0 aromatic heterocycles. The lowest BCUT2D eigenvalue weighted by Gasteiger charge is -2.54. The van der Waals surface area contributed by atoms with Gasteiger partial charge < -0.3 is 10.4 Å². The standard InChI is InChI=1S/C22H30N2O4S/c25-13-14-3-5-19(6-4-14)29(27,28)24-7-1-2-20(24)22(26)23-21-17-9-15-8-16(11-17)12-18(21)10-15/h3-6,15-18,20-21,25H,1-2,7-13H2,(H,23,26)/t15?,16?,17?,18?,20-,21?/m0/s1. The molecule has 1 aromatic carbocycles. The molecule has 7 heteroatoms. The second-order valence-corrected chi connectivity index (χ2v) is 11.4. The van der Waals surface area contributed by atoms with Crippen molar-refractivity contribution in [2.75, 3.05) is 6.54 Å². The van der Waals surface area contributed by atoms with Gasteiger partial charge in [-0.1, -0.05) is 12.1 Å². The van der Waals surface area contributed by atoms with Gasteiger partial charge >= 0.3 is 0 Å². The molecule has 0 radical (unpaired) electrons. The molecule has 5 aliphatic rings. The van der Waals surface area contributed by atoms with Crippen molar-refractivity contribution in [2.45, 2.75) is 68.5 Å². The summed E-state index contributed by atoms with van der Waals surface area (Å²) in [5.74, 6) is 2.72. The van der Waals surface area contributed by atoms with Gasteiger partial charge in [-0.15, -0.1) is 0 Å². The number of nitrogens with zero attached hydrogens (tertiary/aromatic N) is 1. The molecule has 1 heterocycles. The first-order valence-electron chi connectivity index (χ1n) is 11.0. The molecule has 158 valence electrons. The predicted molar refractivity (Wildman–Crippen MR) is 108 cm³/mol. The van der Waals surface area contributed by atoms with Crippen LogP contribution in [0.5, 0.6) is 0 Å². The second-order valence-electron chi connectivity index (χ2n) is 9.54. The summed E-state index contributed by atoms with van der Waals surface area (Å²) in [7, 11) is -3.73. The van der Waals surface area contributed by atoms with Crippen LogP contribution in [0.1, 0.15) is 50.5 Å². The Balaban J connectivity index is 1.31. The van der Waals surface area contributed by atoms with Gasteiger partial charge in [0.15, 0.2) is 0 Å². The molecular formula is C22H30N2O4S. The number of aliphatic hydroxyl groups excluding tert-OH is 1. The van der Waals surface area contributed by atoms with Gasteiger partial charge in [0, 0.05) is 12.6 Å². The number of amides is 1. The summed E-state index contributed by atoms with van der Waals surface area (Å²) in [6, 6.07) is 5.89. The average Bonchev–Trinajstić information content (AvgIpc) is 3.21. The van der Waals surface area contributed by atoms with Crippen LogP contribution in [0.4, 0.5) is 0 Å². The highest BCUT2D eigenvalue weighted by Crippen LogP contribution is 2.53. The molecule has 6 rings (SSSR count). The Labute approximate surface area is 172 Å². The Bertz CT molecular complexity index is 855. The number of rotatable bonds is 5. The van der Waals surface area contributed by atoms with E-state index in [9.17, 15) is 18.3 Å². The van der Waals surface area contributed by atoms with Crippen LogP contribution in [0.2, 0.25) is 0 Å². The van der Waals surface area contributed by atoms with Gasteiger partial charge in [0.2, 0.25) is 15.9 Å². The summed E-state index contributed by atoms with van der Waals surface area (Å²) in [6.07, 6.45) is 7.55. The van der Waals surface area contributed by atoms with Crippen molar-refractivity contribution in [3.05, 3.63) is 29.8 Å². The summed E-state index contributed by atoms with van der Waals surface area (Å²) < 4.78 is 27.7. The van der Waals surface area contributed by atoms with E-state index in [4.69, 9.17) is 0 Å². The quantitative estimate of drug-likeness (QED) is 0.768. The Morgan fingerprint density at radius 2 is 1.66 bits per heavy atom. The van der Waals surface area contributed by atoms with Gasteiger partial charge in [0.25, 0.3) is 0 Å². The Kier molecular flexibility index (Phi) is 4.95. The molecule has 6 nitrogen and oxygen atoms in total. The van der Waals surface area contributed by atoms with Crippen molar-refractivity contribution < 1.29 is 18.3 Å². The smallest absolute Gasteiger partial charge is 0.243 e. The van der Waals surface area contributed by atoms with Gasteiger partial charge in [0.1, 0.15) is 6.04 Å². The van der Waals surface area contributed by atoms with Gasteiger partial charge in [-0.3, -0.25) is 4.79 Å². The Morgan fingerprint density at radius 3 is 2.24 bits per heavy atom. The summed E-state index contributed by atoms with van der Waals surface area (Å²) in [5.41, 5.74) is 0.668. The lowest BCUT2D eigenvalue weighted by atomic mass is 9.54. The van der Waals surface area contributed by atoms with Crippen molar-refractivity contribution in [3.63, 3.8) is 0 Å². The fraction of sp³-hybridized carbons (Fsp3) is 0.682. The fourth-order valence-corrected chi connectivity index (χ4v) is 8.27. The van der Waals surface area contributed by atoms with Crippen molar-refractivity contribution in [1.29, 1.82) is 0 Å². The third-order valence-corrected chi connectivity index (χ3v) is 9.68. The molecule has 4 saturated carbocycles. The molecule has 4 bridgehead atoms. The topological polar surface area (TPSA) is 86.7 Å². The van der Waals surface area contributed by atoms with Crippen LogP contribution in [-0.2, 0) is 21.4 Å². The van der Waals surface area contributed by atoms with E-state index < -0.39 is 16.1 Å². The van der Waals surface area contributed by atoms with E-state index in [0.29, 0.717) is 36.8 Å². The highest BCUT2D eigenvalue weighted by atomic mass is 32.2. The average molecular weight is 419 g/mol. The second kappa shape index (κ2) is 7.36. The van der Waals surface area contributed by atoms with Crippen molar-refractivity contribution in [3.8, 4) is 0 Å². The van der Waals surface area contributed by atoms with Crippen LogP contribution >= 0.6 is 0 Å². The van der Waals surface area contributed by atoms with E-state index in [1.54, 1.807) is 12.1 Å². The molecule has 1 amide bonds. The summed E-state index contributed by atoms with van der Waals surface area (Å²) in [6.45, 7) is 0.254. The molecule has 1 aliphatic heterocycles. The maximum absolute atomic E-state index is 13.2. The first-order valence-corrected chi connectivity index (χ1v) is 12.4.